The molecule has 1 aliphatic carbocycles. The van der Waals surface area contributed by atoms with Gasteiger partial charge in [0.2, 0.25) is 0 Å². The van der Waals surface area contributed by atoms with Crippen LogP contribution < -0.4 is 21.0 Å². The van der Waals surface area contributed by atoms with E-state index < -0.39 is 0 Å². The van der Waals surface area contributed by atoms with Gasteiger partial charge in [-0.05, 0) is 12.8 Å². The fourth-order valence-electron chi connectivity index (χ4n) is 6.68. The number of rotatable bonds is 5. The third-order valence-electron chi connectivity index (χ3n) is 8.35. The first-order valence-corrected chi connectivity index (χ1v) is 12.5. The Morgan fingerprint density at radius 2 is 1.86 bits per heavy atom. The molecule has 6 atom stereocenters. The minimum atomic E-state index is 0.189. The third-order valence-corrected chi connectivity index (χ3v) is 8.35. The molecule has 5 aliphatic rings. The maximum absolute atomic E-state index is 6.18. The van der Waals surface area contributed by atoms with Crippen LogP contribution in [0.3, 0.4) is 0 Å². The zero-order valence-corrected chi connectivity index (χ0v) is 18.1. The second kappa shape index (κ2) is 9.90. The van der Waals surface area contributed by atoms with Crippen LogP contribution in [0.15, 0.2) is 0 Å². The lowest BCUT2D eigenvalue weighted by atomic mass is 9.88. The quantitative estimate of drug-likeness (QED) is 0.470. The molecule has 29 heavy (non-hydrogen) atoms. The van der Waals surface area contributed by atoms with Crippen molar-refractivity contribution in [3.05, 3.63) is 0 Å². The molecule has 5 rings (SSSR count). The molecule has 4 heterocycles. The Morgan fingerprint density at radius 1 is 1.00 bits per heavy atom. The van der Waals surface area contributed by atoms with Crippen LogP contribution in [0.1, 0.15) is 57.8 Å². The number of morpholine rings is 1. The lowest BCUT2D eigenvalue weighted by molar-refractivity contribution is -0.919. The summed E-state index contributed by atoms with van der Waals surface area (Å²) in [7, 11) is 0. The highest BCUT2D eigenvalue weighted by atomic mass is 16.7. The van der Waals surface area contributed by atoms with Gasteiger partial charge < -0.3 is 15.0 Å². The van der Waals surface area contributed by atoms with E-state index in [0.29, 0.717) is 24.3 Å². The molecule has 0 aromatic carbocycles. The normalized spacial score (nSPS) is 43.0. The molecule has 0 aromatic rings. The Kier molecular flexibility index (Phi) is 7.03. The average Bonchev–Trinajstić information content (AvgIpc) is 3.45. The molecular weight excluding hydrogens is 366 g/mol. The van der Waals surface area contributed by atoms with Crippen LogP contribution in [0.4, 0.5) is 0 Å². The Labute approximate surface area is 176 Å². The number of quaternary nitrogens is 2. The standard InChI is InChI=1S/C22H41N5O2/c1-2-5-17(6-3-1)16-27-10-4-7-19(27)22-24-21(25-29-22)18-8-9-23-20(15-18)26-11-13-28-14-12-26/h17-25H,1-16H2/p+2/t18?,19-,20?,21?,22?/m0/s1. The number of ether oxygens (including phenoxy) is 1. The van der Waals surface area contributed by atoms with Crippen molar-refractivity contribution < 1.29 is 19.8 Å². The van der Waals surface area contributed by atoms with E-state index in [0.717, 1.165) is 32.2 Å². The topological polar surface area (TPSA) is 66.8 Å². The first kappa shape index (κ1) is 20.6. The number of likely N-dealkylation sites (tertiary alicyclic amines) is 1. The Balaban J connectivity index is 1.13. The Bertz CT molecular complexity index is 511. The van der Waals surface area contributed by atoms with E-state index in [1.54, 1.807) is 4.90 Å². The van der Waals surface area contributed by atoms with Gasteiger partial charge in [0.1, 0.15) is 12.2 Å². The second-order valence-electron chi connectivity index (χ2n) is 10.2. The number of piperidine rings is 1. The molecule has 5 N–H and O–H groups in total. The summed E-state index contributed by atoms with van der Waals surface area (Å²) < 4.78 is 5.55. The van der Waals surface area contributed by atoms with Crippen LogP contribution >= 0.6 is 0 Å². The predicted molar refractivity (Wildman–Crippen MR) is 111 cm³/mol. The average molecular weight is 410 g/mol. The smallest absolute Gasteiger partial charge is 0.183 e. The molecule has 0 aromatic heterocycles. The molecule has 7 nitrogen and oxygen atoms in total. The van der Waals surface area contributed by atoms with Crippen molar-refractivity contribution in [1.82, 2.24) is 15.7 Å². The SMILES string of the molecule is C1CCC(C[NH+]2CCC[C@H]2C2NC(C3CC[NH2+]C(N4CCOCC4)C3)NO2)CC1. The molecule has 4 saturated heterocycles. The fourth-order valence-corrected chi connectivity index (χ4v) is 6.68. The Morgan fingerprint density at radius 3 is 2.72 bits per heavy atom. The zero-order chi connectivity index (χ0) is 19.5. The monoisotopic (exact) mass is 409 g/mol. The van der Waals surface area contributed by atoms with Gasteiger partial charge in [0.15, 0.2) is 6.23 Å². The molecule has 5 fully saturated rings. The lowest BCUT2D eigenvalue weighted by Gasteiger charge is -2.38. The number of hydroxylamine groups is 1. The van der Waals surface area contributed by atoms with Crippen molar-refractivity contribution in [1.29, 1.82) is 0 Å². The van der Waals surface area contributed by atoms with Gasteiger partial charge in [-0.15, -0.1) is 0 Å². The third kappa shape index (κ3) is 4.97. The van der Waals surface area contributed by atoms with E-state index in [1.165, 1.54) is 77.4 Å². The number of nitrogens with one attached hydrogen (secondary N) is 3. The lowest BCUT2D eigenvalue weighted by Crippen LogP contribution is -3.15. The van der Waals surface area contributed by atoms with Crippen molar-refractivity contribution in [3.8, 4) is 0 Å². The van der Waals surface area contributed by atoms with Gasteiger partial charge in [-0.25, -0.2) is 4.90 Å². The highest BCUT2D eigenvalue weighted by Gasteiger charge is 2.44. The van der Waals surface area contributed by atoms with Crippen LogP contribution in [0.25, 0.3) is 0 Å². The van der Waals surface area contributed by atoms with Gasteiger partial charge in [-0.3, -0.25) is 10.2 Å². The van der Waals surface area contributed by atoms with Crippen LogP contribution in [0, 0.1) is 11.8 Å². The summed E-state index contributed by atoms with van der Waals surface area (Å²) in [6.07, 6.45) is 13.6. The zero-order valence-electron chi connectivity index (χ0n) is 18.1. The van der Waals surface area contributed by atoms with Gasteiger partial charge in [0.25, 0.3) is 0 Å². The first-order chi connectivity index (χ1) is 14.4. The minimum absolute atomic E-state index is 0.189. The highest BCUT2D eigenvalue weighted by molar-refractivity contribution is 4.85. The van der Waals surface area contributed by atoms with Crippen LogP contribution in [-0.2, 0) is 9.57 Å². The van der Waals surface area contributed by atoms with Gasteiger partial charge in [-0.1, -0.05) is 19.3 Å². The summed E-state index contributed by atoms with van der Waals surface area (Å²) in [5.41, 5.74) is 3.42. The van der Waals surface area contributed by atoms with Gasteiger partial charge in [0.05, 0.1) is 39.0 Å². The van der Waals surface area contributed by atoms with Crippen molar-refractivity contribution in [2.45, 2.75) is 82.4 Å². The molecule has 7 heteroatoms. The molecule has 0 amide bonds. The van der Waals surface area contributed by atoms with Crippen LogP contribution in [-0.4, -0.2) is 75.4 Å². The maximum atomic E-state index is 6.18. The molecule has 5 unspecified atom stereocenters. The van der Waals surface area contributed by atoms with E-state index in [4.69, 9.17) is 9.57 Å². The highest BCUT2D eigenvalue weighted by Crippen LogP contribution is 2.24. The molecule has 0 spiro atoms. The molecular formula is C22H43N5O2+2. The molecule has 1 saturated carbocycles. The van der Waals surface area contributed by atoms with E-state index in [9.17, 15) is 0 Å². The first-order valence-electron chi connectivity index (χ1n) is 12.5. The largest absolute Gasteiger partial charge is 0.379 e. The second-order valence-corrected chi connectivity index (χ2v) is 10.2. The van der Waals surface area contributed by atoms with Crippen LogP contribution in [0.5, 0.6) is 0 Å². The summed E-state index contributed by atoms with van der Waals surface area (Å²) >= 11 is 0. The predicted octanol–water partition coefficient (Wildman–Crippen LogP) is -0.978. The van der Waals surface area contributed by atoms with Gasteiger partial charge in [0, 0.05) is 50.6 Å². The van der Waals surface area contributed by atoms with Crippen molar-refractivity contribution in [2.75, 3.05) is 45.9 Å². The van der Waals surface area contributed by atoms with E-state index in [2.05, 4.69) is 21.0 Å². The molecule has 0 radical (unpaired) electrons. The summed E-state index contributed by atoms with van der Waals surface area (Å²) in [4.78, 5) is 10.6. The number of hydrogen-bond donors (Lipinski definition) is 4. The van der Waals surface area contributed by atoms with Crippen LogP contribution in [0.2, 0.25) is 0 Å². The van der Waals surface area contributed by atoms with Crippen molar-refractivity contribution >= 4 is 0 Å². The number of hydrogen-bond acceptors (Lipinski definition) is 5. The van der Waals surface area contributed by atoms with Gasteiger partial charge >= 0.3 is 0 Å². The van der Waals surface area contributed by atoms with E-state index in [-0.39, 0.29) is 6.23 Å². The summed E-state index contributed by atoms with van der Waals surface area (Å²) in [5, 5.41) is 6.43. The van der Waals surface area contributed by atoms with Crippen molar-refractivity contribution in [2.24, 2.45) is 11.8 Å². The maximum Gasteiger partial charge on any atom is 0.183 e. The number of nitrogens with zero attached hydrogens (tertiary/aromatic N) is 1. The summed E-state index contributed by atoms with van der Waals surface area (Å²) in [6.45, 7) is 7.88. The molecule has 166 valence electrons. The summed E-state index contributed by atoms with van der Waals surface area (Å²) in [5.74, 6) is 1.61. The molecule has 0 bridgehead atoms. The van der Waals surface area contributed by atoms with E-state index >= 15 is 0 Å². The molecule has 4 aliphatic heterocycles. The summed E-state index contributed by atoms with van der Waals surface area (Å²) in [6, 6.07) is 0.625. The van der Waals surface area contributed by atoms with E-state index in [1.807, 2.05) is 0 Å². The minimum Gasteiger partial charge on any atom is -0.379 e. The Hall–Kier alpha value is -0.280. The van der Waals surface area contributed by atoms with Gasteiger partial charge in [-0.2, -0.15) is 5.48 Å². The number of nitrogens with two attached hydrogens (primary N) is 1. The van der Waals surface area contributed by atoms with Crippen molar-refractivity contribution in [3.63, 3.8) is 0 Å². The fraction of sp³-hybridized carbons (Fsp3) is 1.00.